The number of fused-ring (bicyclic) bond motifs is 1. The number of anilines is 1. The van der Waals surface area contributed by atoms with Gasteiger partial charge >= 0.3 is 0 Å². The van der Waals surface area contributed by atoms with Crippen LogP contribution in [-0.4, -0.2) is 11.8 Å². The van der Waals surface area contributed by atoms with Gasteiger partial charge in [0.15, 0.2) is 0 Å². The topological polar surface area (TPSA) is 37.4 Å². The molecule has 0 unspecified atom stereocenters. The molecule has 0 aromatic heterocycles. The Kier molecular flexibility index (Phi) is 3.11. The highest BCUT2D eigenvalue weighted by atomic mass is 19.1. The van der Waals surface area contributed by atoms with Crippen LogP contribution in [0.5, 0.6) is 0 Å². The van der Waals surface area contributed by atoms with Gasteiger partial charge in [-0.1, -0.05) is 13.0 Å². The molecule has 1 saturated heterocycles. The molecule has 0 spiro atoms. The molecule has 3 rings (SSSR count). The molecule has 3 nitrogen and oxygen atoms in total. The van der Waals surface area contributed by atoms with Gasteiger partial charge in [0.25, 0.3) is 0 Å². The van der Waals surface area contributed by atoms with Crippen LogP contribution >= 0.6 is 0 Å². The summed E-state index contributed by atoms with van der Waals surface area (Å²) in [6.07, 6.45) is 2.51. The first-order valence-electron chi connectivity index (χ1n) is 7.13. The minimum absolute atomic E-state index is 0.152. The van der Waals surface area contributed by atoms with E-state index in [4.69, 9.17) is 0 Å². The third-order valence-electron chi connectivity index (χ3n) is 4.60. The molecule has 4 heteroatoms. The molecular formula is C16H18FNO2. The fraction of sp³-hybridized carbons (Fsp3) is 0.500. The van der Waals surface area contributed by atoms with E-state index in [2.05, 4.69) is 6.92 Å². The van der Waals surface area contributed by atoms with Crippen LogP contribution in [0.2, 0.25) is 0 Å². The van der Waals surface area contributed by atoms with Crippen LogP contribution in [-0.2, 0) is 9.59 Å². The Morgan fingerprint density at radius 3 is 2.60 bits per heavy atom. The van der Waals surface area contributed by atoms with Crippen LogP contribution in [0.15, 0.2) is 18.2 Å². The van der Waals surface area contributed by atoms with Crippen LogP contribution < -0.4 is 4.90 Å². The zero-order valence-electron chi connectivity index (χ0n) is 11.7. The molecule has 2 amide bonds. The van der Waals surface area contributed by atoms with Crippen LogP contribution in [0, 0.1) is 30.5 Å². The number of halogens is 1. The smallest absolute Gasteiger partial charge is 0.237 e. The molecule has 0 radical (unpaired) electrons. The molecule has 106 valence electrons. The maximum atomic E-state index is 13.4. The molecular weight excluding hydrogens is 257 g/mol. The van der Waals surface area contributed by atoms with Gasteiger partial charge in [0.2, 0.25) is 11.8 Å². The van der Waals surface area contributed by atoms with Crippen LogP contribution in [0.4, 0.5) is 10.1 Å². The quantitative estimate of drug-likeness (QED) is 0.739. The lowest BCUT2D eigenvalue weighted by molar-refractivity contribution is -0.122. The summed E-state index contributed by atoms with van der Waals surface area (Å²) < 4.78 is 13.4. The van der Waals surface area contributed by atoms with Crippen molar-refractivity contribution in [3.8, 4) is 0 Å². The normalized spacial score (nSPS) is 29.8. The molecule has 0 bridgehead atoms. The van der Waals surface area contributed by atoms with Crippen molar-refractivity contribution in [3.63, 3.8) is 0 Å². The van der Waals surface area contributed by atoms with Crippen molar-refractivity contribution in [1.82, 2.24) is 0 Å². The summed E-state index contributed by atoms with van der Waals surface area (Å²) in [4.78, 5) is 26.3. The number of aryl methyl sites for hydroxylation is 1. The van der Waals surface area contributed by atoms with Gasteiger partial charge in [-0.15, -0.1) is 0 Å². The van der Waals surface area contributed by atoms with Crippen molar-refractivity contribution in [2.75, 3.05) is 4.90 Å². The molecule has 0 N–H and O–H groups in total. The van der Waals surface area contributed by atoms with E-state index in [-0.39, 0.29) is 23.7 Å². The van der Waals surface area contributed by atoms with Crippen molar-refractivity contribution >= 4 is 17.5 Å². The third kappa shape index (κ3) is 1.94. The summed E-state index contributed by atoms with van der Waals surface area (Å²) in [5.74, 6) is -0.674. The third-order valence-corrected chi connectivity index (χ3v) is 4.60. The van der Waals surface area contributed by atoms with Gasteiger partial charge in [-0.3, -0.25) is 9.59 Å². The number of nitrogens with zero attached hydrogens (tertiary/aromatic N) is 1. The van der Waals surface area contributed by atoms with Crippen LogP contribution in [0.1, 0.15) is 31.7 Å². The Bertz CT molecular complexity index is 584. The van der Waals surface area contributed by atoms with Gasteiger partial charge in [-0.2, -0.15) is 0 Å². The average Bonchev–Trinajstić information content (AvgIpc) is 2.65. The van der Waals surface area contributed by atoms with Crippen molar-refractivity contribution in [3.05, 3.63) is 29.6 Å². The molecule has 1 aliphatic heterocycles. The maximum absolute atomic E-state index is 13.4. The average molecular weight is 275 g/mol. The van der Waals surface area contributed by atoms with Crippen molar-refractivity contribution in [2.45, 2.75) is 33.1 Å². The van der Waals surface area contributed by atoms with E-state index in [1.165, 1.54) is 17.0 Å². The van der Waals surface area contributed by atoms with Crippen molar-refractivity contribution < 1.29 is 14.0 Å². The van der Waals surface area contributed by atoms with Gasteiger partial charge in [0.1, 0.15) is 5.82 Å². The fourth-order valence-electron chi connectivity index (χ4n) is 3.45. The van der Waals surface area contributed by atoms with E-state index >= 15 is 0 Å². The Hall–Kier alpha value is -1.71. The minimum atomic E-state index is -0.422. The monoisotopic (exact) mass is 275 g/mol. The number of benzene rings is 1. The number of imide groups is 1. The summed E-state index contributed by atoms with van der Waals surface area (Å²) in [6.45, 7) is 3.91. The van der Waals surface area contributed by atoms with Gasteiger partial charge in [0.05, 0.1) is 17.5 Å². The fourth-order valence-corrected chi connectivity index (χ4v) is 3.45. The van der Waals surface area contributed by atoms with Gasteiger partial charge in [-0.25, -0.2) is 9.29 Å². The Morgan fingerprint density at radius 2 is 1.85 bits per heavy atom. The molecule has 1 aromatic carbocycles. The zero-order chi connectivity index (χ0) is 14.4. The van der Waals surface area contributed by atoms with Crippen molar-refractivity contribution in [2.24, 2.45) is 17.8 Å². The van der Waals surface area contributed by atoms with E-state index in [0.29, 0.717) is 11.6 Å². The first kappa shape index (κ1) is 13.3. The van der Waals surface area contributed by atoms with Gasteiger partial charge in [0, 0.05) is 0 Å². The summed E-state index contributed by atoms with van der Waals surface area (Å²) in [5, 5.41) is 0. The molecule has 1 heterocycles. The highest BCUT2D eigenvalue weighted by molar-refractivity contribution is 6.22. The lowest BCUT2D eigenvalue weighted by Crippen LogP contribution is -2.31. The minimum Gasteiger partial charge on any atom is -0.274 e. The molecule has 1 aromatic rings. The number of hydrogen-bond acceptors (Lipinski definition) is 2. The van der Waals surface area contributed by atoms with E-state index < -0.39 is 5.82 Å². The van der Waals surface area contributed by atoms with Gasteiger partial charge in [-0.05, 0) is 49.8 Å². The first-order chi connectivity index (χ1) is 9.49. The van der Waals surface area contributed by atoms with Crippen LogP contribution in [0.25, 0.3) is 0 Å². The Balaban J connectivity index is 2.00. The van der Waals surface area contributed by atoms with E-state index in [9.17, 15) is 14.0 Å². The summed E-state index contributed by atoms with van der Waals surface area (Å²) in [5.41, 5.74) is 1.15. The largest absolute Gasteiger partial charge is 0.274 e. The molecule has 20 heavy (non-hydrogen) atoms. The molecule has 1 saturated carbocycles. The Morgan fingerprint density at radius 1 is 1.15 bits per heavy atom. The molecule has 2 fully saturated rings. The second-order valence-corrected chi connectivity index (χ2v) is 6.07. The first-order valence-corrected chi connectivity index (χ1v) is 7.13. The van der Waals surface area contributed by atoms with Gasteiger partial charge < -0.3 is 0 Å². The number of amides is 2. The zero-order valence-corrected chi connectivity index (χ0v) is 11.7. The lowest BCUT2D eigenvalue weighted by Gasteiger charge is -2.25. The summed E-state index contributed by atoms with van der Waals surface area (Å²) >= 11 is 0. The number of hydrogen-bond donors (Lipinski definition) is 0. The second-order valence-electron chi connectivity index (χ2n) is 6.07. The number of carbonyl (C=O) groups excluding carboxylic acids is 2. The second kappa shape index (κ2) is 4.69. The Labute approximate surface area is 117 Å². The van der Waals surface area contributed by atoms with E-state index in [0.717, 1.165) is 24.8 Å². The molecule has 1 aliphatic carbocycles. The van der Waals surface area contributed by atoms with E-state index in [1.54, 1.807) is 13.0 Å². The number of rotatable bonds is 1. The maximum Gasteiger partial charge on any atom is 0.237 e. The summed E-state index contributed by atoms with van der Waals surface area (Å²) in [7, 11) is 0. The standard InChI is InChI=1S/C16H18FNO2/c1-9-3-6-12-13(7-9)16(20)18(15(12)19)14-8-11(17)5-4-10(14)2/h4-5,8-9,12-13H,3,6-7H2,1-2H3/t9-,12-,13-/m1/s1. The predicted molar refractivity (Wildman–Crippen MR) is 73.6 cm³/mol. The molecule has 3 atom stereocenters. The van der Waals surface area contributed by atoms with Crippen molar-refractivity contribution in [1.29, 1.82) is 0 Å². The molecule has 2 aliphatic rings. The lowest BCUT2D eigenvalue weighted by atomic mass is 9.76. The predicted octanol–water partition coefficient (Wildman–Crippen LogP) is 3.06. The highest BCUT2D eigenvalue weighted by Crippen LogP contribution is 2.42. The summed E-state index contributed by atoms with van der Waals surface area (Å²) in [6, 6.07) is 4.24. The number of carbonyl (C=O) groups is 2. The SMILES string of the molecule is Cc1ccc(F)cc1N1C(=O)[C@@H]2CC[C@@H](C)C[C@H]2C1=O. The highest BCUT2D eigenvalue weighted by Gasteiger charge is 2.50. The van der Waals surface area contributed by atoms with E-state index in [1.807, 2.05) is 0 Å². The van der Waals surface area contributed by atoms with Crippen LogP contribution in [0.3, 0.4) is 0 Å².